The van der Waals surface area contributed by atoms with Crippen LogP contribution in [-0.2, 0) is 0 Å². The fourth-order valence-electron chi connectivity index (χ4n) is 1.10. The van der Waals surface area contributed by atoms with Gasteiger partial charge in [0, 0.05) is 13.1 Å². The summed E-state index contributed by atoms with van der Waals surface area (Å²) in [7, 11) is 0. The number of likely N-dealkylation sites (tertiary alicyclic amines) is 1. The van der Waals surface area contributed by atoms with Gasteiger partial charge in [-0.1, -0.05) is 0 Å². The third kappa shape index (κ3) is 1.63. The van der Waals surface area contributed by atoms with Gasteiger partial charge in [0.1, 0.15) is 0 Å². The summed E-state index contributed by atoms with van der Waals surface area (Å²) in [6.07, 6.45) is -1.18. The topological polar surface area (TPSA) is 43.7 Å². The van der Waals surface area contributed by atoms with E-state index in [1.165, 1.54) is 0 Å². The second kappa shape index (κ2) is 3.09. The molecular formula is C6H13NO2S. The van der Waals surface area contributed by atoms with Crippen LogP contribution in [0.15, 0.2) is 0 Å². The molecule has 0 aromatic heterocycles. The summed E-state index contributed by atoms with van der Waals surface area (Å²) in [6.45, 7) is 2.99. The molecule has 60 valence electrons. The Labute approximate surface area is 66.1 Å². The molecule has 1 heterocycles. The third-order valence-electron chi connectivity index (χ3n) is 1.82. The van der Waals surface area contributed by atoms with Crippen LogP contribution in [0, 0.1) is 0 Å². The van der Waals surface area contributed by atoms with Gasteiger partial charge in [-0.05, 0) is 6.92 Å². The molecule has 0 aliphatic carbocycles. The van der Waals surface area contributed by atoms with Crippen LogP contribution < -0.4 is 0 Å². The molecule has 0 amide bonds. The van der Waals surface area contributed by atoms with Crippen LogP contribution in [0.2, 0.25) is 0 Å². The average molecular weight is 163 g/mol. The van der Waals surface area contributed by atoms with Crippen molar-refractivity contribution in [3.05, 3.63) is 0 Å². The summed E-state index contributed by atoms with van der Waals surface area (Å²) in [5, 5.41) is 18.3. The highest BCUT2D eigenvalue weighted by Gasteiger charge is 2.30. The molecule has 3 nitrogen and oxygen atoms in total. The van der Waals surface area contributed by atoms with Crippen LogP contribution in [0.25, 0.3) is 0 Å². The average Bonchev–Trinajstić information content (AvgIpc) is 2.13. The molecule has 4 heteroatoms. The highest BCUT2D eigenvalue weighted by molar-refractivity contribution is 7.80. The van der Waals surface area contributed by atoms with Crippen molar-refractivity contribution in [2.75, 3.05) is 13.1 Å². The second-order valence-electron chi connectivity index (χ2n) is 2.72. The van der Waals surface area contributed by atoms with E-state index >= 15 is 0 Å². The first-order valence-corrected chi connectivity index (χ1v) is 3.91. The molecule has 1 rings (SSSR count). The van der Waals surface area contributed by atoms with Gasteiger partial charge < -0.3 is 10.2 Å². The summed E-state index contributed by atoms with van der Waals surface area (Å²) < 4.78 is 0. The molecule has 0 aromatic rings. The quantitative estimate of drug-likeness (QED) is 0.448. The van der Waals surface area contributed by atoms with Gasteiger partial charge in [0.25, 0.3) is 0 Å². The number of hydrogen-bond donors (Lipinski definition) is 3. The summed E-state index contributed by atoms with van der Waals surface area (Å²) >= 11 is 4.18. The van der Waals surface area contributed by atoms with Crippen LogP contribution >= 0.6 is 12.6 Å². The van der Waals surface area contributed by atoms with Gasteiger partial charge in [0.2, 0.25) is 0 Å². The highest BCUT2D eigenvalue weighted by Crippen LogP contribution is 2.14. The van der Waals surface area contributed by atoms with Crippen molar-refractivity contribution < 1.29 is 10.2 Å². The van der Waals surface area contributed by atoms with E-state index in [1.807, 2.05) is 11.8 Å². The fraction of sp³-hybridized carbons (Fsp3) is 1.00. The first-order chi connectivity index (χ1) is 4.61. The molecule has 2 unspecified atom stereocenters. The lowest BCUT2D eigenvalue weighted by atomic mass is 10.3. The van der Waals surface area contributed by atoms with E-state index in [2.05, 4.69) is 12.6 Å². The molecule has 0 saturated carbocycles. The number of nitrogens with zero attached hydrogens (tertiary/aromatic N) is 1. The van der Waals surface area contributed by atoms with Crippen LogP contribution in [0.1, 0.15) is 6.92 Å². The Bertz CT molecular complexity index is 110. The van der Waals surface area contributed by atoms with E-state index < -0.39 is 12.2 Å². The molecule has 0 bridgehead atoms. The Hall–Kier alpha value is 0.230. The maximum absolute atomic E-state index is 9.09. The van der Waals surface area contributed by atoms with E-state index in [-0.39, 0.29) is 5.37 Å². The van der Waals surface area contributed by atoms with Gasteiger partial charge in [0.05, 0.1) is 17.6 Å². The summed E-state index contributed by atoms with van der Waals surface area (Å²) in [5.41, 5.74) is 0. The predicted molar refractivity (Wildman–Crippen MR) is 42.0 cm³/mol. The lowest BCUT2D eigenvalue weighted by Gasteiger charge is -2.17. The zero-order chi connectivity index (χ0) is 7.72. The Morgan fingerprint density at radius 1 is 1.40 bits per heavy atom. The predicted octanol–water partition coefficient (Wildman–Crippen LogP) is -0.700. The first-order valence-electron chi connectivity index (χ1n) is 3.39. The lowest BCUT2D eigenvalue weighted by molar-refractivity contribution is 0.0572. The zero-order valence-electron chi connectivity index (χ0n) is 5.94. The van der Waals surface area contributed by atoms with Gasteiger partial charge in [-0.2, -0.15) is 12.6 Å². The monoisotopic (exact) mass is 163 g/mol. The van der Waals surface area contributed by atoms with E-state index in [9.17, 15) is 0 Å². The Morgan fingerprint density at radius 2 is 1.80 bits per heavy atom. The number of β-amino-alcohol motifs (C(OH)–C–C–N with tert-alkyl or cyclic N) is 2. The van der Waals surface area contributed by atoms with Crippen molar-refractivity contribution in [3.63, 3.8) is 0 Å². The van der Waals surface area contributed by atoms with E-state index in [0.717, 1.165) is 0 Å². The molecule has 1 aliphatic rings. The van der Waals surface area contributed by atoms with Gasteiger partial charge in [-0.25, -0.2) is 0 Å². The summed E-state index contributed by atoms with van der Waals surface area (Å²) in [5.74, 6) is 0. The molecule has 10 heavy (non-hydrogen) atoms. The molecular weight excluding hydrogens is 150 g/mol. The fourth-order valence-corrected chi connectivity index (χ4v) is 1.29. The van der Waals surface area contributed by atoms with E-state index in [0.29, 0.717) is 13.1 Å². The SMILES string of the molecule is C[C@H](S)N1CC(O)C(O)C1. The Balaban J connectivity index is 2.41. The maximum atomic E-state index is 9.09. The minimum Gasteiger partial charge on any atom is -0.389 e. The van der Waals surface area contributed by atoms with Crippen molar-refractivity contribution >= 4 is 12.6 Å². The molecule has 0 aromatic carbocycles. The highest BCUT2D eigenvalue weighted by atomic mass is 32.1. The number of thiol groups is 1. The molecule has 0 radical (unpaired) electrons. The second-order valence-corrected chi connectivity index (χ2v) is 3.47. The maximum Gasteiger partial charge on any atom is 0.0938 e. The van der Waals surface area contributed by atoms with Crippen LogP contribution in [0.4, 0.5) is 0 Å². The molecule has 2 N–H and O–H groups in total. The van der Waals surface area contributed by atoms with Crippen molar-refractivity contribution in [2.45, 2.75) is 24.5 Å². The summed E-state index contributed by atoms with van der Waals surface area (Å²) in [6, 6.07) is 0. The van der Waals surface area contributed by atoms with Crippen molar-refractivity contribution in [1.29, 1.82) is 0 Å². The largest absolute Gasteiger partial charge is 0.389 e. The number of aliphatic hydroxyl groups excluding tert-OH is 2. The molecule has 0 spiro atoms. The first kappa shape index (κ1) is 8.33. The van der Waals surface area contributed by atoms with Crippen LogP contribution in [-0.4, -0.2) is 45.8 Å². The van der Waals surface area contributed by atoms with Gasteiger partial charge in [-0.3, -0.25) is 4.90 Å². The summed E-state index contributed by atoms with van der Waals surface area (Å²) in [4.78, 5) is 1.93. The van der Waals surface area contributed by atoms with Gasteiger partial charge in [0.15, 0.2) is 0 Å². The number of aliphatic hydroxyl groups is 2. The van der Waals surface area contributed by atoms with E-state index in [4.69, 9.17) is 10.2 Å². The lowest BCUT2D eigenvalue weighted by Crippen LogP contribution is -2.27. The van der Waals surface area contributed by atoms with Crippen LogP contribution in [0.3, 0.4) is 0 Å². The molecule has 3 atom stereocenters. The smallest absolute Gasteiger partial charge is 0.0938 e. The van der Waals surface area contributed by atoms with Crippen molar-refractivity contribution in [2.24, 2.45) is 0 Å². The minimum atomic E-state index is -0.588. The van der Waals surface area contributed by atoms with Crippen LogP contribution in [0.5, 0.6) is 0 Å². The molecule has 1 saturated heterocycles. The molecule has 1 aliphatic heterocycles. The normalized spacial score (nSPS) is 38.4. The molecule has 1 fully saturated rings. The van der Waals surface area contributed by atoms with Crippen molar-refractivity contribution in [1.82, 2.24) is 4.90 Å². The minimum absolute atomic E-state index is 0.117. The Kier molecular flexibility index (Phi) is 2.57. The van der Waals surface area contributed by atoms with Crippen molar-refractivity contribution in [3.8, 4) is 0 Å². The third-order valence-corrected chi connectivity index (χ3v) is 2.14. The van der Waals surface area contributed by atoms with Gasteiger partial charge in [-0.15, -0.1) is 0 Å². The Morgan fingerprint density at radius 3 is 2.00 bits per heavy atom. The van der Waals surface area contributed by atoms with E-state index in [1.54, 1.807) is 0 Å². The number of rotatable bonds is 1. The zero-order valence-corrected chi connectivity index (χ0v) is 6.83. The number of hydrogen-bond acceptors (Lipinski definition) is 4. The standard InChI is InChI=1S/C6H13NO2S/c1-4(10)7-2-5(8)6(9)3-7/h4-6,8-10H,2-3H2,1H3/t4-,5?,6?/m0/s1. The van der Waals surface area contributed by atoms with Gasteiger partial charge >= 0.3 is 0 Å².